The van der Waals surface area contributed by atoms with E-state index in [9.17, 15) is 34.8 Å². The second-order valence-electron chi connectivity index (χ2n) is 5.49. The molecule has 0 aliphatic rings. The van der Waals surface area contributed by atoms with Gasteiger partial charge in [0.25, 0.3) is 0 Å². The lowest BCUT2D eigenvalue weighted by Crippen LogP contribution is -2.14. The Labute approximate surface area is 149 Å². The van der Waals surface area contributed by atoms with Crippen molar-refractivity contribution in [2.45, 2.75) is 24.0 Å². The fourth-order valence-corrected chi connectivity index (χ4v) is 3.74. The number of benzene rings is 2. The third kappa shape index (κ3) is 5.14. The molecule has 0 fully saturated rings. The molecule has 1 atom stereocenters. The lowest BCUT2D eigenvalue weighted by atomic mass is 10.0. The van der Waals surface area contributed by atoms with E-state index in [4.69, 9.17) is 10.7 Å². The second-order valence-corrected chi connectivity index (χ2v) is 8.30. The Morgan fingerprint density at radius 3 is 1.85 bits per heavy atom. The summed E-state index contributed by atoms with van der Waals surface area (Å²) in [4.78, 5) is 0. The standard InChI is InChI=1S/C16H11ClF6O2S/c17-26(24,25)14(11-4-2-6-13(9-11)16(21,22)23)8-10-3-1-5-12(7-10)15(18,19)20/h1-7,9,14H,8H2. The largest absolute Gasteiger partial charge is 0.416 e. The molecule has 0 bridgehead atoms. The topological polar surface area (TPSA) is 34.1 Å². The SMILES string of the molecule is O=S(=O)(Cl)C(Cc1cccc(C(F)(F)F)c1)c1cccc(C(F)(F)F)c1. The predicted octanol–water partition coefficient (Wildman–Crippen LogP) is 5.58. The molecule has 0 amide bonds. The summed E-state index contributed by atoms with van der Waals surface area (Å²) in [5.41, 5.74) is -2.35. The minimum absolute atomic E-state index is 0.0218. The van der Waals surface area contributed by atoms with Crippen LogP contribution in [0.2, 0.25) is 0 Å². The summed E-state index contributed by atoms with van der Waals surface area (Å²) in [7, 11) is 0.946. The summed E-state index contributed by atoms with van der Waals surface area (Å²) in [5, 5.41) is -1.63. The molecular weight excluding hydrogens is 406 g/mol. The van der Waals surface area contributed by atoms with Crippen molar-refractivity contribution in [1.82, 2.24) is 0 Å². The molecule has 0 radical (unpaired) electrons. The average molecular weight is 417 g/mol. The lowest BCUT2D eigenvalue weighted by Gasteiger charge is -2.17. The van der Waals surface area contributed by atoms with Crippen LogP contribution in [0.1, 0.15) is 27.5 Å². The van der Waals surface area contributed by atoms with Gasteiger partial charge in [0.1, 0.15) is 5.25 Å². The van der Waals surface area contributed by atoms with Gasteiger partial charge in [0, 0.05) is 10.7 Å². The molecule has 1 unspecified atom stereocenters. The minimum atomic E-state index is -4.70. The first kappa shape index (κ1) is 20.6. The molecule has 0 aromatic heterocycles. The maximum atomic E-state index is 12.8. The summed E-state index contributed by atoms with van der Waals surface area (Å²) < 4.78 is 101. The highest BCUT2D eigenvalue weighted by Gasteiger charge is 2.34. The van der Waals surface area contributed by atoms with Crippen LogP contribution in [-0.2, 0) is 27.8 Å². The summed E-state index contributed by atoms with van der Waals surface area (Å²) in [6.07, 6.45) is -9.84. The Morgan fingerprint density at radius 2 is 1.35 bits per heavy atom. The van der Waals surface area contributed by atoms with Crippen molar-refractivity contribution in [3.05, 3.63) is 70.8 Å². The number of rotatable bonds is 4. The summed E-state index contributed by atoms with van der Waals surface area (Å²) in [6, 6.07) is 7.40. The van der Waals surface area contributed by atoms with Crippen LogP contribution in [0.5, 0.6) is 0 Å². The third-order valence-electron chi connectivity index (χ3n) is 3.60. The van der Waals surface area contributed by atoms with Gasteiger partial charge >= 0.3 is 12.4 Å². The molecule has 10 heteroatoms. The fourth-order valence-electron chi connectivity index (χ4n) is 2.38. The molecule has 0 spiro atoms. The highest BCUT2D eigenvalue weighted by molar-refractivity contribution is 8.13. The van der Waals surface area contributed by atoms with Crippen molar-refractivity contribution in [2.24, 2.45) is 0 Å². The van der Waals surface area contributed by atoms with Crippen LogP contribution in [0, 0.1) is 0 Å². The molecule has 26 heavy (non-hydrogen) atoms. The van der Waals surface area contributed by atoms with Gasteiger partial charge < -0.3 is 0 Å². The Hall–Kier alpha value is -1.74. The molecule has 0 saturated heterocycles. The first-order chi connectivity index (χ1) is 11.8. The van der Waals surface area contributed by atoms with Crippen molar-refractivity contribution in [3.63, 3.8) is 0 Å². The normalized spacial score (nSPS) is 14.3. The highest BCUT2D eigenvalue weighted by atomic mass is 35.7. The monoisotopic (exact) mass is 416 g/mol. The van der Waals surface area contributed by atoms with E-state index < -0.39 is 44.2 Å². The molecule has 0 saturated carbocycles. The van der Waals surface area contributed by atoms with Gasteiger partial charge in [-0.15, -0.1) is 0 Å². The molecule has 2 aromatic carbocycles. The molecule has 0 N–H and O–H groups in total. The molecule has 142 valence electrons. The number of alkyl halides is 6. The van der Waals surface area contributed by atoms with E-state index in [1.807, 2.05) is 0 Å². The van der Waals surface area contributed by atoms with Crippen LogP contribution in [0.4, 0.5) is 26.3 Å². The maximum absolute atomic E-state index is 12.8. The van der Waals surface area contributed by atoms with E-state index in [0.29, 0.717) is 6.07 Å². The average Bonchev–Trinajstić information content (AvgIpc) is 2.50. The number of hydrogen-bond donors (Lipinski definition) is 0. The smallest absolute Gasteiger partial charge is 0.212 e. The third-order valence-corrected chi connectivity index (χ3v) is 5.36. The number of halogens is 7. The van der Waals surface area contributed by atoms with Gasteiger partial charge in [0.15, 0.2) is 0 Å². The molecule has 0 aliphatic carbocycles. The minimum Gasteiger partial charge on any atom is -0.212 e. The van der Waals surface area contributed by atoms with Crippen LogP contribution in [0.15, 0.2) is 48.5 Å². The van der Waals surface area contributed by atoms with E-state index in [0.717, 1.165) is 36.4 Å². The van der Waals surface area contributed by atoms with Crippen LogP contribution in [0.3, 0.4) is 0 Å². The first-order valence-electron chi connectivity index (χ1n) is 7.05. The van der Waals surface area contributed by atoms with E-state index in [1.165, 1.54) is 6.07 Å². The van der Waals surface area contributed by atoms with Gasteiger partial charge in [-0.2, -0.15) is 26.3 Å². The summed E-state index contributed by atoms with van der Waals surface area (Å²) in [6.45, 7) is 0. The van der Waals surface area contributed by atoms with Crippen LogP contribution in [0.25, 0.3) is 0 Å². The maximum Gasteiger partial charge on any atom is 0.416 e. The molecular formula is C16H11ClF6O2S. The van der Waals surface area contributed by atoms with E-state index >= 15 is 0 Å². The van der Waals surface area contributed by atoms with Crippen molar-refractivity contribution in [2.75, 3.05) is 0 Å². The lowest BCUT2D eigenvalue weighted by molar-refractivity contribution is -0.138. The molecule has 0 heterocycles. The summed E-state index contributed by atoms with van der Waals surface area (Å²) >= 11 is 0. The van der Waals surface area contributed by atoms with E-state index in [2.05, 4.69) is 0 Å². The van der Waals surface area contributed by atoms with Crippen molar-refractivity contribution >= 4 is 19.7 Å². The van der Waals surface area contributed by atoms with Gasteiger partial charge in [-0.1, -0.05) is 36.4 Å². The van der Waals surface area contributed by atoms with Gasteiger partial charge in [0.2, 0.25) is 9.05 Å². The number of hydrogen-bond acceptors (Lipinski definition) is 2. The van der Waals surface area contributed by atoms with Gasteiger partial charge in [0.05, 0.1) is 11.1 Å². The van der Waals surface area contributed by atoms with E-state index in [-0.39, 0.29) is 11.1 Å². The Balaban J connectivity index is 2.45. The van der Waals surface area contributed by atoms with Gasteiger partial charge in [-0.25, -0.2) is 8.42 Å². The quantitative estimate of drug-likeness (QED) is 0.482. The second kappa shape index (κ2) is 7.11. The van der Waals surface area contributed by atoms with Gasteiger partial charge in [-0.3, -0.25) is 0 Å². The predicted molar refractivity (Wildman–Crippen MR) is 84.1 cm³/mol. The van der Waals surface area contributed by atoms with Crippen molar-refractivity contribution < 1.29 is 34.8 Å². The summed E-state index contributed by atoms with van der Waals surface area (Å²) in [5.74, 6) is 0. The Kier molecular flexibility index (Phi) is 5.63. The molecule has 0 aliphatic heterocycles. The van der Waals surface area contributed by atoms with E-state index in [1.54, 1.807) is 0 Å². The van der Waals surface area contributed by atoms with Crippen LogP contribution >= 0.6 is 10.7 Å². The molecule has 2 nitrogen and oxygen atoms in total. The Bertz CT molecular complexity index is 890. The van der Waals surface area contributed by atoms with Gasteiger partial charge in [-0.05, 0) is 29.7 Å². The Morgan fingerprint density at radius 1 is 0.846 bits per heavy atom. The zero-order valence-electron chi connectivity index (χ0n) is 12.8. The van der Waals surface area contributed by atoms with Crippen molar-refractivity contribution in [1.29, 1.82) is 0 Å². The first-order valence-corrected chi connectivity index (χ1v) is 9.42. The molecule has 2 aromatic rings. The van der Waals surface area contributed by atoms with Crippen LogP contribution < -0.4 is 0 Å². The zero-order valence-corrected chi connectivity index (χ0v) is 14.3. The highest BCUT2D eigenvalue weighted by Crippen LogP contribution is 2.36. The zero-order chi connectivity index (χ0) is 19.8. The van der Waals surface area contributed by atoms with Crippen molar-refractivity contribution in [3.8, 4) is 0 Å². The van der Waals surface area contributed by atoms with Crippen LogP contribution in [-0.4, -0.2) is 8.42 Å². The molecule has 2 rings (SSSR count). The fraction of sp³-hybridized carbons (Fsp3) is 0.250.